The maximum atomic E-state index is 12.6. The second-order valence-electron chi connectivity index (χ2n) is 16.0. The van der Waals surface area contributed by atoms with E-state index in [4.69, 9.17) is 19.9 Å². The van der Waals surface area contributed by atoms with Gasteiger partial charge in [-0.1, -0.05) is 43.7 Å². The Hall–Kier alpha value is -6.61. The Morgan fingerprint density at radius 1 is 0.540 bits per heavy atom. The number of nitrogens with zero attached hydrogens (tertiary/aromatic N) is 4. The standard InChI is InChI=1S/C42H46N4O16.Co/c1-41(17-39(59)60)23(5-9-35(51)52)29-14-27-21(11-37(55)56)19(3-7-33(47)48)25(43-27)13-26-20(4-8-34(49)50)22(12-38(57)58)28(44-26)15-31-42(2,18-40(61)62)24(6-10-36(53)54)30(46-31)16-32(41)45-29;/h13-16,23-24H,3-12,17-18H2,1-2H3,(H10,43,44,45,46,47,48,49,50,51,52,53,54,55,56,57,58,59,60,61,62);/q;+2/p-2/t23-,24-,41+,42+;/m1./s1. The molecule has 2 aromatic heterocycles. The fourth-order valence-corrected chi connectivity index (χ4v) is 8.77. The van der Waals surface area contributed by atoms with Crippen molar-refractivity contribution in [2.75, 3.05) is 0 Å². The van der Waals surface area contributed by atoms with Gasteiger partial charge in [0.05, 0.1) is 37.1 Å². The van der Waals surface area contributed by atoms with Crippen LogP contribution in [0.2, 0.25) is 0 Å². The first-order valence-electron chi connectivity index (χ1n) is 19.4. The van der Waals surface area contributed by atoms with Crippen molar-refractivity contribution < 1.29 is 96.0 Å². The molecule has 0 aromatic carbocycles. The number of carbonyl (C=O) groups is 8. The predicted molar refractivity (Wildman–Crippen MR) is 212 cm³/mol. The summed E-state index contributed by atoms with van der Waals surface area (Å²) in [5.41, 5.74) is -2.57. The van der Waals surface area contributed by atoms with Gasteiger partial charge in [0.15, 0.2) is 0 Å². The van der Waals surface area contributed by atoms with Crippen LogP contribution >= 0.6 is 0 Å². The molecule has 63 heavy (non-hydrogen) atoms. The fourth-order valence-electron chi connectivity index (χ4n) is 8.77. The number of rotatable bonds is 20. The molecule has 5 rings (SSSR count). The Morgan fingerprint density at radius 3 is 1.62 bits per heavy atom. The van der Waals surface area contributed by atoms with Gasteiger partial charge < -0.3 is 50.8 Å². The number of allylic oxidation sites excluding steroid dienone is 1. The number of carboxylic acid groups (broad SMARTS) is 8. The fraction of sp³-hybridized carbons (Fsp3) is 0.429. The zero-order valence-electron chi connectivity index (χ0n) is 33.9. The molecule has 0 unspecified atom stereocenters. The molecular weight excluding hydrogens is 875 g/mol. The van der Waals surface area contributed by atoms with Gasteiger partial charge in [0.2, 0.25) is 0 Å². The van der Waals surface area contributed by atoms with Crippen molar-refractivity contribution in [3.8, 4) is 0 Å². The van der Waals surface area contributed by atoms with E-state index in [1.807, 2.05) is 0 Å². The number of aliphatic carboxylic acids is 8. The molecule has 0 amide bonds. The molecule has 5 heterocycles. The second-order valence-corrected chi connectivity index (χ2v) is 16.0. The van der Waals surface area contributed by atoms with E-state index in [0.717, 1.165) is 0 Å². The van der Waals surface area contributed by atoms with E-state index in [0.29, 0.717) is 0 Å². The van der Waals surface area contributed by atoms with Crippen LogP contribution in [0.3, 0.4) is 0 Å². The first kappa shape index (κ1) is 49.0. The molecule has 20 nitrogen and oxygen atoms in total. The minimum Gasteiger partial charge on any atom is -0.664 e. The van der Waals surface area contributed by atoms with Crippen LogP contribution in [0.4, 0.5) is 0 Å². The van der Waals surface area contributed by atoms with Crippen LogP contribution < -0.4 is 9.97 Å². The first-order valence-corrected chi connectivity index (χ1v) is 19.4. The molecular formula is C42H44CoN4O16. The molecule has 0 spiro atoms. The smallest absolute Gasteiger partial charge is 0.664 e. The maximum absolute atomic E-state index is 12.6. The number of carboxylic acids is 8. The molecule has 8 N–H and O–H groups in total. The Morgan fingerprint density at radius 2 is 1.06 bits per heavy atom. The van der Waals surface area contributed by atoms with Crippen molar-refractivity contribution >= 4 is 69.9 Å². The number of fused-ring (bicyclic) bond motifs is 8. The molecule has 4 atom stereocenters. The van der Waals surface area contributed by atoms with Crippen molar-refractivity contribution in [3.63, 3.8) is 0 Å². The summed E-state index contributed by atoms with van der Waals surface area (Å²) in [5.74, 6) is -12.2. The summed E-state index contributed by atoms with van der Waals surface area (Å²) in [4.78, 5) is 117. The summed E-state index contributed by atoms with van der Waals surface area (Å²) in [6, 6.07) is 5.44. The third-order valence-electron chi connectivity index (χ3n) is 11.6. The molecule has 3 aliphatic rings. The van der Waals surface area contributed by atoms with Gasteiger partial charge in [-0.15, -0.1) is 11.0 Å². The summed E-state index contributed by atoms with van der Waals surface area (Å²) in [6.45, 7) is 3.06. The first-order chi connectivity index (χ1) is 29.0. The molecule has 2 aromatic rings. The van der Waals surface area contributed by atoms with Gasteiger partial charge in [-0.3, -0.25) is 43.3 Å². The van der Waals surface area contributed by atoms with E-state index in [-0.39, 0.29) is 110 Å². The van der Waals surface area contributed by atoms with E-state index in [2.05, 4.69) is 0 Å². The zero-order valence-corrected chi connectivity index (χ0v) is 35.0. The number of hydrogen-bond acceptors (Lipinski definition) is 10. The van der Waals surface area contributed by atoms with E-state index in [1.165, 1.54) is 38.1 Å². The van der Waals surface area contributed by atoms with Crippen molar-refractivity contribution in [2.24, 2.45) is 0 Å². The third kappa shape index (κ3) is 11.1. The molecule has 8 bridgehead atoms. The molecule has 0 saturated heterocycles. The van der Waals surface area contributed by atoms with Gasteiger partial charge in [0.25, 0.3) is 0 Å². The van der Waals surface area contributed by atoms with Gasteiger partial charge >= 0.3 is 64.5 Å². The van der Waals surface area contributed by atoms with Crippen molar-refractivity contribution in [1.29, 1.82) is 0 Å². The third-order valence-corrected chi connectivity index (χ3v) is 11.6. The van der Waals surface area contributed by atoms with E-state index >= 15 is 0 Å². The van der Waals surface area contributed by atoms with Crippen LogP contribution in [0.1, 0.15) is 135 Å². The normalized spacial score (nSPS) is 19.7. The van der Waals surface area contributed by atoms with Crippen molar-refractivity contribution in [2.45, 2.75) is 114 Å². The van der Waals surface area contributed by atoms with E-state index in [9.17, 15) is 79.2 Å². The van der Waals surface area contributed by atoms with Crippen molar-refractivity contribution in [3.05, 3.63) is 69.6 Å². The Bertz CT molecular complexity index is 2490. The predicted octanol–water partition coefficient (Wildman–Crippen LogP) is 3.95. The molecule has 0 fully saturated rings. The topological polar surface area (TPSA) is 352 Å². The zero-order chi connectivity index (χ0) is 45.8. The SMILES string of the molecule is C[C@@]1(CC(=O)O)c2cc3[n-]c(cc4nc(cc5[n-]c(cc(n2)[C@H]1CCC(=O)O)[C@@](C)(CC(=O)O)[C@@H]5CCC(=O)O)C(CC(=O)O)=C4CCC(=O)O)c(CCC(=O)O)c3CC(=O)O.[Co+2]. The van der Waals surface area contributed by atoms with Crippen LogP contribution in [0, 0.1) is 0 Å². The average molecular weight is 920 g/mol. The van der Waals surface area contributed by atoms with Crippen molar-refractivity contribution in [1.82, 2.24) is 19.9 Å². The minimum absolute atomic E-state index is 0. The number of hydrogen-bond donors (Lipinski definition) is 8. The molecule has 21 heteroatoms. The molecule has 0 aliphatic carbocycles. The molecule has 3 aliphatic heterocycles. The van der Waals surface area contributed by atoms with Gasteiger partial charge in [0, 0.05) is 48.4 Å². The summed E-state index contributed by atoms with van der Waals surface area (Å²) in [7, 11) is 0. The van der Waals surface area contributed by atoms with Gasteiger partial charge in [-0.05, 0) is 53.7 Å². The van der Waals surface area contributed by atoms with Crippen LogP contribution in [0.25, 0.3) is 22.2 Å². The van der Waals surface area contributed by atoms with Crippen LogP contribution in [0.5, 0.6) is 0 Å². The van der Waals surface area contributed by atoms with Gasteiger partial charge in [0.1, 0.15) is 0 Å². The Balaban J connectivity index is 0.00000871. The van der Waals surface area contributed by atoms with E-state index in [1.54, 1.807) is 0 Å². The second kappa shape index (κ2) is 19.6. The Kier molecular flexibility index (Phi) is 15.3. The van der Waals surface area contributed by atoms with E-state index < -0.39 is 122 Å². The Labute approximate surface area is 368 Å². The summed E-state index contributed by atoms with van der Waals surface area (Å²) in [6.07, 6.45) is -5.51. The quantitative estimate of drug-likeness (QED) is 0.0932. The van der Waals surface area contributed by atoms with Crippen LogP contribution in [0.15, 0.2) is 24.3 Å². The number of aromatic nitrogens is 4. The maximum Gasteiger partial charge on any atom is 2.00 e. The van der Waals surface area contributed by atoms with Gasteiger partial charge in [-0.2, -0.15) is 11.4 Å². The monoisotopic (exact) mass is 919 g/mol. The summed E-state index contributed by atoms with van der Waals surface area (Å²) < 4.78 is 0. The van der Waals surface area contributed by atoms with Gasteiger partial charge in [-0.25, -0.2) is 4.98 Å². The van der Waals surface area contributed by atoms with Crippen LogP contribution in [-0.4, -0.2) is 98.6 Å². The number of aryl methyl sites for hydroxylation is 1. The van der Waals surface area contributed by atoms with Crippen LogP contribution in [-0.2, 0) is 78.8 Å². The average Bonchev–Trinajstić information content (AvgIpc) is 3.77. The molecule has 0 saturated carbocycles. The molecule has 1 radical (unpaired) electrons. The summed E-state index contributed by atoms with van der Waals surface area (Å²) >= 11 is 0. The minimum atomic E-state index is -1.52. The summed E-state index contributed by atoms with van der Waals surface area (Å²) in [5, 5.41) is 79.6. The largest absolute Gasteiger partial charge is 2.00 e. The molecule has 337 valence electrons.